The molecule has 0 atom stereocenters. The number of halogens is 1. The first-order valence-electron chi connectivity index (χ1n) is 5.32. The molecule has 0 N–H and O–H groups in total. The largest absolute Gasteiger partial charge is 0.339 e. The highest BCUT2D eigenvalue weighted by molar-refractivity contribution is 9.10. The van der Waals surface area contributed by atoms with Gasteiger partial charge in [0, 0.05) is 33.5 Å². The first-order valence-corrected chi connectivity index (χ1v) is 6.12. The summed E-state index contributed by atoms with van der Waals surface area (Å²) in [4.78, 5) is 4.21. The Morgan fingerprint density at radius 2 is 2.06 bits per heavy atom. The van der Waals surface area contributed by atoms with E-state index in [0.717, 1.165) is 11.0 Å². The highest BCUT2D eigenvalue weighted by Crippen LogP contribution is 2.30. The number of pyridine rings is 1. The first-order chi connectivity index (χ1) is 7.81. The number of aryl methyl sites for hydroxylation is 1. The van der Waals surface area contributed by atoms with E-state index in [1.54, 1.807) is 0 Å². The minimum Gasteiger partial charge on any atom is -0.339 e. The Morgan fingerprint density at radius 3 is 2.88 bits per heavy atom. The molecule has 2 heterocycles. The normalized spacial score (nSPS) is 11.4. The van der Waals surface area contributed by atoms with Crippen LogP contribution in [0, 0.1) is 0 Å². The second-order valence-corrected chi connectivity index (χ2v) is 4.71. The molecule has 0 aliphatic carbocycles. The van der Waals surface area contributed by atoms with E-state index in [-0.39, 0.29) is 0 Å². The third-order valence-corrected chi connectivity index (χ3v) is 3.44. The number of fused-ring (bicyclic) bond motifs is 3. The fraction of sp³-hybridized carbons (Fsp3) is 0.154. The first kappa shape index (κ1) is 9.85. The maximum atomic E-state index is 4.21. The van der Waals surface area contributed by atoms with E-state index in [4.69, 9.17) is 0 Å². The van der Waals surface area contributed by atoms with Crippen LogP contribution < -0.4 is 0 Å². The Bertz CT molecular complexity index is 670. The molecule has 3 aromatic rings. The molecule has 0 spiro atoms. The van der Waals surface area contributed by atoms with Crippen LogP contribution in [0.4, 0.5) is 0 Å². The molecule has 2 nitrogen and oxygen atoms in total. The van der Waals surface area contributed by atoms with Crippen molar-refractivity contribution in [1.29, 1.82) is 0 Å². The van der Waals surface area contributed by atoms with Gasteiger partial charge in [0.15, 0.2) is 0 Å². The lowest BCUT2D eigenvalue weighted by atomic mass is 10.2. The van der Waals surface area contributed by atoms with Crippen LogP contribution >= 0.6 is 15.9 Å². The number of rotatable bonds is 1. The zero-order valence-electron chi connectivity index (χ0n) is 8.94. The average molecular weight is 275 g/mol. The number of nitrogens with zero attached hydrogens (tertiary/aromatic N) is 2. The summed E-state index contributed by atoms with van der Waals surface area (Å²) >= 11 is 3.52. The summed E-state index contributed by atoms with van der Waals surface area (Å²) in [6.45, 7) is 3.13. The third-order valence-electron chi connectivity index (χ3n) is 2.95. The predicted octanol–water partition coefficient (Wildman–Crippen LogP) is 3.97. The van der Waals surface area contributed by atoms with Gasteiger partial charge in [-0.25, -0.2) is 0 Å². The van der Waals surface area contributed by atoms with E-state index < -0.39 is 0 Å². The van der Waals surface area contributed by atoms with Crippen molar-refractivity contribution in [2.75, 3.05) is 0 Å². The van der Waals surface area contributed by atoms with E-state index >= 15 is 0 Å². The molecule has 3 rings (SSSR count). The summed E-state index contributed by atoms with van der Waals surface area (Å²) in [5.74, 6) is 0. The van der Waals surface area contributed by atoms with Crippen molar-refractivity contribution in [2.45, 2.75) is 13.5 Å². The van der Waals surface area contributed by atoms with Crippen molar-refractivity contribution in [3.63, 3.8) is 0 Å². The maximum absolute atomic E-state index is 4.21. The Labute approximate surface area is 102 Å². The van der Waals surface area contributed by atoms with Crippen LogP contribution in [-0.4, -0.2) is 9.55 Å². The topological polar surface area (TPSA) is 17.8 Å². The van der Waals surface area contributed by atoms with Crippen LogP contribution in [0.2, 0.25) is 0 Å². The SMILES string of the molecule is CCn1c2ccc(Br)cc2c2ccncc21. The quantitative estimate of drug-likeness (QED) is 0.657. The monoisotopic (exact) mass is 274 g/mol. The third kappa shape index (κ3) is 1.28. The van der Waals surface area contributed by atoms with Crippen LogP contribution in [0.5, 0.6) is 0 Å². The number of benzene rings is 1. The van der Waals surface area contributed by atoms with Gasteiger partial charge in [-0.3, -0.25) is 4.98 Å². The van der Waals surface area contributed by atoms with Gasteiger partial charge in [-0.2, -0.15) is 0 Å². The summed E-state index contributed by atoms with van der Waals surface area (Å²) < 4.78 is 3.41. The van der Waals surface area contributed by atoms with Crippen molar-refractivity contribution in [2.24, 2.45) is 0 Å². The number of hydrogen-bond acceptors (Lipinski definition) is 1. The zero-order valence-corrected chi connectivity index (χ0v) is 10.5. The van der Waals surface area contributed by atoms with Crippen LogP contribution in [0.25, 0.3) is 21.8 Å². The van der Waals surface area contributed by atoms with Crippen molar-refractivity contribution in [3.8, 4) is 0 Å². The number of aromatic nitrogens is 2. The van der Waals surface area contributed by atoms with Gasteiger partial charge in [0.1, 0.15) is 0 Å². The second-order valence-electron chi connectivity index (χ2n) is 3.80. The Morgan fingerprint density at radius 1 is 1.19 bits per heavy atom. The van der Waals surface area contributed by atoms with Gasteiger partial charge in [-0.15, -0.1) is 0 Å². The highest BCUT2D eigenvalue weighted by Gasteiger charge is 2.08. The van der Waals surface area contributed by atoms with Crippen molar-refractivity contribution in [1.82, 2.24) is 9.55 Å². The van der Waals surface area contributed by atoms with E-state index in [9.17, 15) is 0 Å². The van der Waals surface area contributed by atoms with E-state index in [2.05, 4.69) is 56.7 Å². The van der Waals surface area contributed by atoms with Gasteiger partial charge in [-0.1, -0.05) is 15.9 Å². The minimum atomic E-state index is 0.966. The van der Waals surface area contributed by atoms with Crippen molar-refractivity contribution in [3.05, 3.63) is 41.1 Å². The van der Waals surface area contributed by atoms with E-state index in [1.807, 2.05) is 12.4 Å². The number of hydrogen-bond donors (Lipinski definition) is 0. The fourth-order valence-electron chi connectivity index (χ4n) is 2.26. The molecule has 1 aromatic carbocycles. The van der Waals surface area contributed by atoms with Gasteiger partial charge in [0.2, 0.25) is 0 Å². The Hall–Kier alpha value is -1.35. The molecular weight excluding hydrogens is 264 g/mol. The lowest BCUT2D eigenvalue weighted by Crippen LogP contribution is -1.92. The summed E-state index contributed by atoms with van der Waals surface area (Å²) in [5.41, 5.74) is 2.48. The molecular formula is C13H11BrN2. The molecule has 0 saturated carbocycles. The Balaban J connectivity index is 2.59. The Kier molecular flexibility index (Phi) is 2.21. The molecule has 0 fully saturated rings. The lowest BCUT2D eigenvalue weighted by molar-refractivity contribution is 0.825. The maximum Gasteiger partial charge on any atom is 0.0677 e. The lowest BCUT2D eigenvalue weighted by Gasteiger charge is -2.01. The summed E-state index contributed by atoms with van der Waals surface area (Å²) in [7, 11) is 0. The molecule has 0 amide bonds. The van der Waals surface area contributed by atoms with Gasteiger partial charge in [0.25, 0.3) is 0 Å². The van der Waals surface area contributed by atoms with Crippen molar-refractivity contribution < 1.29 is 0 Å². The predicted molar refractivity (Wildman–Crippen MR) is 70.6 cm³/mol. The summed E-state index contributed by atoms with van der Waals surface area (Å²) in [5, 5.41) is 2.56. The van der Waals surface area contributed by atoms with Gasteiger partial charge < -0.3 is 4.57 Å². The average Bonchev–Trinajstić information content (AvgIpc) is 2.62. The molecule has 0 bridgehead atoms. The molecule has 0 aliphatic rings. The standard InChI is InChI=1S/C13H11BrN2/c1-2-16-12-4-3-9(14)7-11(12)10-5-6-15-8-13(10)16/h3-8H,2H2,1H3. The molecule has 0 aliphatic heterocycles. The summed E-state index contributed by atoms with van der Waals surface area (Å²) in [6, 6.07) is 8.49. The van der Waals surface area contributed by atoms with Gasteiger partial charge in [0.05, 0.1) is 11.7 Å². The van der Waals surface area contributed by atoms with Crippen LogP contribution in [0.1, 0.15) is 6.92 Å². The molecule has 16 heavy (non-hydrogen) atoms. The molecule has 0 saturated heterocycles. The zero-order chi connectivity index (χ0) is 11.1. The second kappa shape index (κ2) is 3.59. The summed E-state index contributed by atoms with van der Waals surface area (Å²) in [6.07, 6.45) is 3.79. The van der Waals surface area contributed by atoms with Crippen LogP contribution in [0.3, 0.4) is 0 Å². The van der Waals surface area contributed by atoms with Gasteiger partial charge >= 0.3 is 0 Å². The molecule has 0 radical (unpaired) electrons. The molecule has 3 heteroatoms. The fourth-order valence-corrected chi connectivity index (χ4v) is 2.62. The van der Waals surface area contributed by atoms with Crippen molar-refractivity contribution >= 4 is 37.7 Å². The molecule has 80 valence electrons. The smallest absolute Gasteiger partial charge is 0.0677 e. The van der Waals surface area contributed by atoms with Gasteiger partial charge in [-0.05, 0) is 31.2 Å². The van der Waals surface area contributed by atoms with E-state index in [1.165, 1.54) is 21.8 Å². The molecule has 0 unspecified atom stereocenters. The minimum absolute atomic E-state index is 0.966. The van der Waals surface area contributed by atoms with Crippen LogP contribution in [-0.2, 0) is 6.54 Å². The molecule has 2 aromatic heterocycles. The van der Waals surface area contributed by atoms with E-state index in [0.29, 0.717) is 0 Å². The van der Waals surface area contributed by atoms with Crippen LogP contribution in [0.15, 0.2) is 41.1 Å². The highest BCUT2D eigenvalue weighted by atomic mass is 79.9.